The zero-order valence-corrected chi connectivity index (χ0v) is 10.7. The molecule has 0 radical (unpaired) electrons. The van der Waals surface area contributed by atoms with Gasteiger partial charge in [-0.05, 0) is 31.4 Å². The molecule has 1 heterocycles. The Morgan fingerprint density at radius 3 is 2.89 bits per heavy atom. The van der Waals surface area contributed by atoms with Crippen LogP contribution in [0.4, 0.5) is 0 Å². The average Bonchev–Trinajstić information content (AvgIpc) is 2.79. The van der Waals surface area contributed by atoms with Gasteiger partial charge in [-0.1, -0.05) is 17.7 Å². The zero-order valence-electron chi connectivity index (χ0n) is 10.7. The molecule has 0 saturated carbocycles. The van der Waals surface area contributed by atoms with Gasteiger partial charge in [-0.2, -0.15) is 0 Å². The predicted octanol–water partition coefficient (Wildman–Crippen LogP) is 2.04. The van der Waals surface area contributed by atoms with E-state index < -0.39 is 11.4 Å². The maximum atomic E-state index is 11.5. The maximum absolute atomic E-state index is 11.5. The topological polar surface area (TPSA) is 55.8 Å². The fraction of sp³-hybridized carbons (Fsp3) is 0.500. The van der Waals surface area contributed by atoms with Gasteiger partial charge in [0.2, 0.25) is 0 Å². The van der Waals surface area contributed by atoms with Gasteiger partial charge in [0.05, 0.1) is 19.1 Å². The Labute approximate surface area is 107 Å². The van der Waals surface area contributed by atoms with Crippen LogP contribution in [0, 0.1) is 12.3 Å². The van der Waals surface area contributed by atoms with Gasteiger partial charge in [-0.15, -0.1) is 0 Å². The Bertz CT molecular complexity index is 447. The van der Waals surface area contributed by atoms with Gasteiger partial charge < -0.3 is 14.6 Å². The minimum atomic E-state index is -0.804. The molecule has 0 amide bonds. The van der Waals surface area contributed by atoms with E-state index in [-0.39, 0.29) is 6.61 Å². The number of methoxy groups -OCH3 is 1. The number of hydrogen-bond acceptors (Lipinski definition) is 3. The number of aryl methyl sites for hydroxylation is 1. The van der Waals surface area contributed by atoms with Crippen LogP contribution in [0.15, 0.2) is 18.2 Å². The molecule has 98 valence electrons. The maximum Gasteiger partial charge on any atom is 0.312 e. The van der Waals surface area contributed by atoms with E-state index in [1.807, 2.05) is 25.1 Å². The van der Waals surface area contributed by atoms with Crippen molar-refractivity contribution in [3.05, 3.63) is 29.3 Å². The van der Waals surface area contributed by atoms with Crippen LogP contribution in [0.3, 0.4) is 0 Å². The quantitative estimate of drug-likeness (QED) is 0.888. The van der Waals surface area contributed by atoms with E-state index in [1.165, 1.54) is 0 Å². The largest absolute Gasteiger partial charge is 0.496 e. The summed E-state index contributed by atoms with van der Waals surface area (Å²) in [5.41, 5.74) is 1.23. The van der Waals surface area contributed by atoms with Crippen LogP contribution in [-0.2, 0) is 16.0 Å². The van der Waals surface area contributed by atoms with Gasteiger partial charge in [0, 0.05) is 6.61 Å². The Hall–Kier alpha value is -1.55. The van der Waals surface area contributed by atoms with Gasteiger partial charge in [0.25, 0.3) is 0 Å². The molecule has 4 heteroatoms. The van der Waals surface area contributed by atoms with Crippen LogP contribution >= 0.6 is 0 Å². The second-order valence-electron chi connectivity index (χ2n) is 4.88. The number of aliphatic carboxylic acids is 1. The molecule has 4 nitrogen and oxygen atoms in total. The zero-order chi connectivity index (χ0) is 13.2. The minimum absolute atomic E-state index is 0.277. The molecule has 1 aliphatic rings. The molecule has 1 aromatic carbocycles. The average molecular weight is 250 g/mol. The summed E-state index contributed by atoms with van der Waals surface area (Å²) in [5.74, 6) is -0.0447. The standard InChI is InChI=1S/C14H18O4/c1-10-3-4-12(17-2)11(7-10)8-14(13(15)16)5-6-18-9-14/h3-4,7H,5-6,8-9H2,1-2H3,(H,15,16). The molecule has 0 aliphatic carbocycles. The highest BCUT2D eigenvalue weighted by Gasteiger charge is 2.43. The monoisotopic (exact) mass is 250 g/mol. The van der Waals surface area contributed by atoms with Crippen molar-refractivity contribution in [2.24, 2.45) is 5.41 Å². The van der Waals surface area contributed by atoms with E-state index in [4.69, 9.17) is 9.47 Å². The molecule has 18 heavy (non-hydrogen) atoms. The van der Waals surface area contributed by atoms with Crippen LogP contribution in [0.25, 0.3) is 0 Å². The van der Waals surface area contributed by atoms with Crippen molar-refractivity contribution in [2.45, 2.75) is 19.8 Å². The second-order valence-corrected chi connectivity index (χ2v) is 4.88. The van der Waals surface area contributed by atoms with Crippen LogP contribution < -0.4 is 4.74 Å². The molecular weight excluding hydrogens is 232 g/mol. The van der Waals surface area contributed by atoms with Crippen molar-refractivity contribution in [1.29, 1.82) is 0 Å². The number of carboxylic acids is 1. The molecule has 1 unspecified atom stereocenters. The molecular formula is C14H18O4. The number of ether oxygens (including phenoxy) is 2. The summed E-state index contributed by atoms with van der Waals surface area (Å²) in [6.45, 7) is 2.78. The highest BCUT2D eigenvalue weighted by molar-refractivity contribution is 5.75. The van der Waals surface area contributed by atoms with Crippen molar-refractivity contribution in [3.8, 4) is 5.75 Å². The SMILES string of the molecule is COc1ccc(C)cc1CC1(C(=O)O)CCOC1. The minimum Gasteiger partial charge on any atom is -0.496 e. The number of hydrogen-bond donors (Lipinski definition) is 1. The van der Waals surface area contributed by atoms with Crippen molar-refractivity contribution < 1.29 is 19.4 Å². The smallest absolute Gasteiger partial charge is 0.312 e. The molecule has 1 N–H and O–H groups in total. The van der Waals surface area contributed by atoms with Gasteiger partial charge in [0.1, 0.15) is 5.75 Å². The van der Waals surface area contributed by atoms with E-state index in [2.05, 4.69) is 0 Å². The summed E-state index contributed by atoms with van der Waals surface area (Å²) in [7, 11) is 1.60. The van der Waals surface area contributed by atoms with Gasteiger partial charge in [-0.25, -0.2) is 0 Å². The van der Waals surface area contributed by atoms with E-state index in [0.29, 0.717) is 19.4 Å². The lowest BCUT2D eigenvalue weighted by Gasteiger charge is -2.23. The number of rotatable bonds is 4. The molecule has 1 aliphatic heterocycles. The first-order chi connectivity index (χ1) is 8.57. The molecule has 0 bridgehead atoms. The Balaban J connectivity index is 2.32. The third-order valence-corrected chi connectivity index (χ3v) is 3.52. The Morgan fingerprint density at radius 1 is 1.56 bits per heavy atom. The summed E-state index contributed by atoms with van der Waals surface area (Å²) in [4.78, 5) is 11.5. The second kappa shape index (κ2) is 4.98. The van der Waals surface area contributed by atoms with Crippen molar-refractivity contribution in [1.82, 2.24) is 0 Å². The molecule has 0 aromatic heterocycles. The Kier molecular flexibility index (Phi) is 3.57. The molecule has 0 spiro atoms. The molecule has 2 rings (SSSR count). The van der Waals surface area contributed by atoms with E-state index in [1.54, 1.807) is 7.11 Å². The van der Waals surface area contributed by atoms with Crippen molar-refractivity contribution >= 4 is 5.97 Å². The summed E-state index contributed by atoms with van der Waals surface area (Å²) in [6, 6.07) is 5.83. The highest BCUT2D eigenvalue weighted by Crippen LogP contribution is 2.36. The van der Waals surface area contributed by atoms with Crippen molar-refractivity contribution in [2.75, 3.05) is 20.3 Å². The van der Waals surface area contributed by atoms with Crippen LogP contribution in [0.1, 0.15) is 17.5 Å². The lowest BCUT2D eigenvalue weighted by atomic mass is 9.80. The molecule has 1 aromatic rings. The molecule has 1 saturated heterocycles. The number of carbonyl (C=O) groups is 1. The van der Waals surface area contributed by atoms with E-state index in [9.17, 15) is 9.90 Å². The van der Waals surface area contributed by atoms with Crippen LogP contribution in [-0.4, -0.2) is 31.4 Å². The Morgan fingerprint density at radius 2 is 2.33 bits per heavy atom. The van der Waals surface area contributed by atoms with E-state index >= 15 is 0 Å². The van der Waals surface area contributed by atoms with Crippen LogP contribution in [0.5, 0.6) is 5.75 Å². The third-order valence-electron chi connectivity index (χ3n) is 3.52. The third kappa shape index (κ3) is 2.34. The summed E-state index contributed by atoms with van der Waals surface area (Å²) >= 11 is 0. The molecule has 1 atom stereocenters. The normalized spacial score (nSPS) is 23.0. The summed E-state index contributed by atoms with van der Waals surface area (Å²) < 4.78 is 10.6. The summed E-state index contributed by atoms with van der Waals surface area (Å²) in [6.07, 6.45) is 1.01. The number of benzene rings is 1. The fourth-order valence-corrected chi connectivity index (χ4v) is 2.40. The lowest BCUT2D eigenvalue weighted by molar-refractivity contribution is -0.148. The first-order valence-electron chi connectivity index (χ1n) is 6.02. The lowest BCUT2D eigenvalue weighted by Crippen LogP contribution is -2.34. The first-order valence-corrected chi connectivity index (χ1v) is 6.02. The highest BCUT2D eigenvalue weighted by atomic mass is 16.5. The van der Waals surface area contributed by atoms with Gasteiger partial charge >= 0.3 is 5.97 Å². The van der Waals surface area contributed by atoms with Crippen LogP contribution in [0.2, 0.25) is 0 Å². The number of carboxylic acid groups (broad SMARTS) is 1. The fourth-order valence-electron chi connectivity index (χ4n) is 2.40. The van der Waals surface area contributed by atoms with Crippen molar-refractivity contribution in [3.63, 3.8) is 0 Å². The first kappa shape index (κ1) is 12.9. The predicted molar refractivity (Wildman–Crippen MR) is 66.9 cm³/mol. The van der Waals surface area contributed by atoms with Gasteiger partial charge in [0.15, 0.2) is 0 Å². The van der Waals surface area contributed by atoms with Gasteiger partial charge in [-0.3, -0.25) is 4.79 Å². The van der Waals surface area contributed by atoms with E-state index in [0.717, 1.165) is 16.9 Å². The molecule has 1 fully saturated rings. The summed E-state index contributed by atoms with van der Waals surface area (Å²) in [5, 5.41) is 9.44.